The molecule has 3 heterocycles. The van der Waals surface area contributed by atoms with Gasteiger partial charge in [-0.2, -0.15) is 0 Å². The van der Waals surface area contributed by atoms with Crippen LogP contribution in [0.15, 0.2) is 22.7 Å². The summed E-state index contributed by atoms with van der Waals surface area (Å²) in [6.45, 7) is 13.0. The Hall–Kier alpha value is -2.21. The van der Waals surface area contributed by atoms with E-state index >= 15 is 0 Å². The highest BCUT2D eigenvalue weighted by atomic mass is 16.5. The normalized spacial score (nSPS) is 20.7. The van der Waals surface area contributed by atoms with Crippen LogP contribution in [-0.2, 0) is 19.4 Å². The third kappa shape index (κ3) is 4.59. The highest BCUT2D eigenvalue weighted by Gasteiger charge is 2.35. The van der Waals surface area contributed by atoms with E-state index in [0.717, 1.165) is 81.1 Å². The van der Waals surface area contributed by atoms with Gasteiger partial charge in [0.05, 0.1) is 5.69 Å². The molecule has 0 spiro atoms. The summed E-state index contributed by atoms with van der Waals surface area (Å²) in [5.74, 6) is 1.50. The number of aryl methyl sites for hydroxylation is 2. The topological polar surface area (TPSA) is 62.5 Å². The van der Waals surface area contributed by atoms with Crippen LogP contribution in [0.5, 0.6) is 0 Å². The molecular weight excluding hydrogens is 376 g/mol. The Balaban J connectivity index is 1.42. The molecular formula is C24H34N4O2. The zero-order chi connectivity index (χ0) is 21.3. The summed E-state index contributed by atoms with van der Waals surface area (Å²) in [5, 5.41) is 4.23. The lowest BCUT2D eigenvalue weighted by atomic mass is 9.71. The second kappa shape index (κ2) is 8.50. The molecule has 0 N–H and O–H groups in total. The molecule has 4 rings (SSSR count). The van der Waals surface area contributed by atoms with Crippen molar-refractivity contribution in [1.29, 1.82) is 0 Å². The van der Waals surface area contributed by atoms with Gasteiger partial charge in [0.2, 0.25) is 0 Å². The molecule has 1 aliphatic heterocycles. The molecule has 1 amide bonds. The number of fused-ring (bicyclic) bond motifs is 1. The number of rotatable bonds is 3. The van der Waals surface area contributed by atoms with E-state index in [9.17, 15) is 4.79 Å². The van der Waals surface area contributed by atoms with E-state index in [0.29, 0.717) is 11.6 Å². The summed E-state index contributed by atoms with van der Waals surface area (Å²) in [4.78, 5) is 22.3. The van der Waals surface area contributed by atoms with E-state index in [2.05, 4.69) is 47.9 Å². The van der Waals surface area contributed by atoms with Gasteiger partial charge in [0.15, 0.2) is 5.69 Å². The van der Waals surface area contributed by atoms with Crippen molar-refractivity contribution in [3.8, 4) is 0 Å². The van der Waals surface area contributed by atoms with Gasteiger partial charge in [-0.25, -0.2) is 0 Å². The second-order valence-electron chi connectivity index (χ2n) is 9.93. The first-order valence-corrected chi connectivity index (χ1v) is 11.2. The van der Waals surface area contributed by atoms with Crippen LogP contribution >= 0.6 is 0 Å². The third-order valence-corrected chi connectivity index (χ3v) is 6.67. The van der Waals surface area contributed by atoms with Crippen molar-refractivity contribution in [1.82, 2.24) is 19.9 Å². The van der Waals surface area contributed by atoms with Crippen molar-refractivity contribution in [3.05, 3.63) is 46.6 Å². The highest BCUT2D eigenvalue weighted by molar-refractivity contribution is 5.94. The van der Waals surface area contributed by atoms with Crippen LogP contribution in [0.25, 0.3) is 0 Å². The van der Waals surface area contributed by atoms with Crippen LogP contribution in [0.1, 0.15) is 66.8 Å². The second-order valence-corrected chi connectivity index (χ2v) is 9.93. The molecule has 2 aliphatic rings. The van der Waals surface area contributed by atoms with E-state index < -0.39 is 0 Å². The molecule has 1 saturated heterocycles. The van der Waals surface area contributed by atoms with E-state index in [1.807, 2.05) is 17.9 Å². The predicted octanol–water partition coefficient (Wildman–Crippen LogP) is 3.88. The molecule has 1 atom stereocenters. The number of hydrogen-bond acceptors (Lipinski definition) is 5. The summed E-state index contributed by atoms with van der Waals surface area (Å²) in [7, 11) is 0. The third-order valence-electron chi connectivity index (χ3n) is 6.67. The van der Waals surface area contributed by atoms with Crippen molar-refractivity contribution in [2.75, 3.05) is 26.2 Å². The smallest absolute Gasteiger partial charge is 0.276 e. The lowest BCUT2D eigenvalue weighted by Crippen LogP contribution is -2.36. The first-order valence-electron chi connectivity index (χ1n) is 11.2. The summed E-state index contributed by atoms with van der Waals surface area (Å²) in [6, 6.07) is 6.16. The van der Waals surface area contributed by atoms with Gasteiger partial charge in [-0.05, 0) is 49.7 Å². The number of carbonyl (C=O) groups excluding carboxylic acids is 1. The zero-order valence-corrected chi connectivity index (χ0v) is 18.8. The van der Waals surface area contributed by atoms with Gasteiger partial charge in [0.25, 0.3) is 5.91 Å². The zero-order valence-electron chi connectivity index (χ0n) is 18.8. The fraction of sp³-hybridized carbons (Fsp3) is 0.625. The highest BCUT2D eigenvalue weighted by Crippen LogP contribution is 2.38. The fourth-order valence-corrected chi connectivity index (χ4v) is 4.71. The fourth-order valence-electron chi connectivity index (χ4n) is 4.71. The van der Waals surface area contributed by atoms with Crippen molar-refractivity contribution in [3.63, 3.8) is 0 Å². The minimum Gasteiger partial charge on any atom is -0.360 e. The molecule has 0 bridgehead atoms. The van der Waals surface area contributed by atoms with Crippen molar-refractivity contribution >= 4 is 5.91 Å². The molecule has 30 heavy (non-hydrogen) atoms. The van der Waals surface area contributed by atoms with Gasteiger partial charge in [0, 0.05) is 50.4 Å². The Morgan fingerprint density at radius 2 is 2.03 bits per heavy atom. The maximum Gasteiger partial charge on any atom is 0.276 e. The first-order chi connectivity index (χ1) is 14.3. The summed E-state index contributed by atoms with van der Waals surface area (Å²) in [6.07, 6.45) is 3.84. The number of nitrogens with zero attached hydrogens (tertiary/aromatic N) is 4. The van der Waals surface area contributed by atoms with E-state index in [-0.39, 0.29) is 11.3 Å². The van der Waals surface area contributed by atoms with Crippen LogP contribution in [0, 0.1) is 18.3 Å². The lowest BCUT2D eigenvalue weighted by Gasteiger charge is -2.33. The standard InChI is InChI=1S/C24H34N4O2/c1-17-7-5-8-19(25-17)16-27-11-6-12-28(14-13-27)23(29)22-20-15-18(24(2,3)4)9-10-21(20)30-26-22/h5,7-8,18H,6,9-16H2,1-4H3. The largest absolute Gasteiger partial charge is 0.360 e. The Morgan fingerprint density at radius 3 is 2.80 bits per heavy atom. The van der Waals surface area contributed by atoms with Crippen LogP contribution < -0.4 is 0 Å². The molecule has 1 unspecified atom stereocenters. The van der Waals surface area contributed by atoms with Crippen LogP contribution in [-0.4, -0.2) is 52.0 Å². The van der Waals surface area contributed by atoms with Gasteiger partial charge in [-0.15, -0.1) is 0 Å². The van der Waals surface area contributed by atoms with Gasteiger partial charge in [-0.3, -0.25) is 14.7 Å². The molecule has 1 fully saturated rings. The van der Waals surface area contributed by atoms with Gasteiger partial charge in [-0.1, -0.05) is 32.0 Å². The molecule has 2 aromatic rings. The molecule has 162 valence electrons. The minimum atomic E-state index is 0.0325. The molecule has 6 heteroatoms. The number of amides is 1. The summed E-state index contributed by atoms with van der Waals surface area (Å²) >= 11 is 0. The Bertz CT molecular complexity index is 899. The summed E-state index contributed by atoms with van der Waals surface area (Å²) in [5.41, 5.74) is 3.96. The van der Waals surface area contributed by atoms with E-state index in [4.69, 9.17) is 4.52 Å². The molecule has 0 saturated carbocycles. The SMILES string of the molecule is Cc1cccc(CN2CCCN(C(=O)c3noc4c3CC(C(C)(C)C)CC4)CC2)n1. The van der Waals surface area contributed by atoms with Crippen LogP contribution in [0.3, 0.4) is 0 Å². The van der Waals surface area contributed by atoms with Crippen LogP contribution in [0.2, 0.25) is 0 Å². The maximum absolute atomic E-state index is 13.3. The number of carbonyl (C=O) groups is 1. The number of hydrogen-bond donors (Lipinski definition) is 0. The molecule has 0 aromatic carbocycles. The molecule has 2 aromatic heterocycles. The van der Waals surface area contributed by atoms with Gasteiger partial charge in [0.1, 0.15) is 5.76 Å². The van der Waals surface area contributed by atoms with Crippen LogP contribution in [0.4, 0.5) is 0 Å². The number of aromatic nitrogens is 2. The predicted molar refractivity (Wildman–Crippen MR) is 116 cm³/mol. The first kappa shape index (κ1) is 21.0. The average Bonchev–Trinajstić information content (AvgIpc) is 2.98. The minimum absolute atomic E-state index is 0.0325. The average molecular weight is 411 g/mol. The van der Waals surface area contributed by atoms with Gasteiger partial charge >= 0.3 is 0 Å². The number of pyridine rings is 1. The Kier molecular flexibility index (Phi) is 5.96. The molecule has 6 nitrogen and oxygen atoms in total. The quantitative estimate of drug-likeness (QED) is 0.768. The lowest BCUT2D eigenvalue weighted by molar-refractivity contribution is 0.0749. The maximum atomic E-state index is 13.3. The summed E-state index contributed by atoms with van der Waals surface area (Å²) < 4.78 is 5.59. The van der Waals surface area contributed by atoms with Gasteiger partial charge < -0.3 is 9.42 Å². The van der Waals surface area contributed by atoms with Crippen molar-refractivity contribution in [2.45, 2.75) is 59.9 Å². The molecule has 0 radical (unpaired) electrons. The van der Waals surface area contributed by atoms with E-state index in [1.54, 1.807) is 0 Å². The van der Waals surface area contributed by atoms with Crippen molar-refractivity contribution in [2.24, 2.45) is 11.3 Å². The Morgan fingerprint density at radius 1 is 1.20 bits per heavy atom. The van der Waals surface area contributed by atoms with E-state index in [1.165, 1.54) is 0 Å². The molecule has 1 aliphatic carbocycles. The van der Waals surface area contributed by atoms with Crippen molar-refractivity contribution < 1.29 is 9.32 Å². The Labute approximate surface area is 179 Å². The monoisotopic (exact) mass is 410 g/mol.